The number of oxime groups is 1. The van der Waals surface area contributed by atoms with Gasteiger partial charge in [0.2, 0.25) is 0 Å². The van der Waals surface area contributed by atoms with E-state index in [9.17, 15) is 0 Å². The van der Waals surface area contributed by atoms with E-state index in [0.29, 0.717) is 23.0 Å². The van der Waals surface area contributed by atoms with Gasteiger partial charge in [-0.05, 0) is 12.1 Å². The smallest absolute Gasteiger partial charge is 0.145 e. The molecule has 15 heavy (non-hydrogen) atoms. The van der Waals surface area contributed by atoms with Crippen LogP contribution in [-0.2, 0) is 4.84 Å². The molecule has 0 aliphatic carbocycles. The molecule has 2 N–H and O–H groups in total. The van der Waals surface area contributed by atoms with Crippen molar-refractivity contribution in [3.8, 4) is 0 Å². The van der Waals surface area contributed by atoms with Crippen LogP contribution in [0.3, 0.4) is 0 Å². The lowest BCUT2D eigenvalue weighted by molar-refractivity contribution is 0.0918. The molecule has 5 heteroatoms. The summed E-state index contributed by atoms with van der Waals surface area (Å²) in [6.45, 7) is 0.457. The van der Waals surface area contributed by atoms with Crippen molar-refractivity contribution in [3.05, 3.63) is 33.8 Å². The number of nitrogens with two attached hydrogens (primary N) is 1. The van der Waals surface area contributed by atoms with Crippen molar-refractivity contribution in [2.75, 3.05) is 6.54 Å². The van der Waals surface area contributed by atoms with Crippen LogP contribution in [0.1, 0.15) is 12.0 Å². The fourth-order valence-corrected chi connectivity index (χ4v) is 1.95. The van der Waals surface area contributed by atoms with Crippen LogP contribution in [0, 0.1) is 0 Å². The average molecular weight is 245 g/mol. The van der Waals surface area contributed by atoms with Crippen molar-refractivity contribution >= 4 is 28.9 Å². The summed E-state index contributed by atoms with van der Waals surface area (Å²) in [5.74, 6) is 0. The minimum absolute atomic E-state index is 0.0354. The molecule has 0 spiro atoms. The fraction of sp³-hybridized carbons (Fsp3) is 0.300. The first-order chi connectivity index (χ1) is 7.20. The highest BCUT2D eigenvalue weighted by Crippen LogP contribution is 2.25. The number of hydrogen-bond acceptors (Lipinski definition) is 3. The molecule has 2 rings (SSSR count). The number of benzene rings is 1. The van der Waals surface area contributed by atoms with Crippen molar-refractivity contribution in [1.29, 1.82) is 0 Å². The molecule has 0 amide bonds. The number of rotatable bonds is 2. The second kappa shape index (κ2) is 4.39. The molecule has 3 nitrogen and oxygen atoms in total. The van der Waals surface area contributed by atoms with Gasteiger partial charge in [-0.2, -0.15) is 0 Å². The van der Waals surface area contributed by atoms with Crippen LogP contribution >= 0.6 is 23.2 Å². The van der Waals surface area contributed by atoms with Crippen molar-refractivity contribution in [2.45, 2.75) is 12.5 Å². The van der Waals surface area contributed by atoms with E-state index in [-0.39, 0.29) is 6.10 Å². The summed E-state index contributed by atoms with van der Waals surface area (Å²) in [4.78, 5) is 5.13. The third-order valence-corrected chi connectivity index (χ3v) is 2.79. The first-order valence-corrected chi connectivity index (χ1v) is 5.34. The lowest BCUT2D eigenvalue weighted by atomic mass is 10.1. The molecule has 1 aromatic carbocycles. The predicted octanol–water partition coefficient (Wildman–Crippen LogP) is 2.45. The van der Waals surface area contributed by atoms with Crippen LogP contribution in [0.15, 0.2) is 23.4 Å². The molecule has 0 saturated carbocycles. The summed E-state index contributed by atoms with van der Waals surface area (Å²) in [6.07, 6.45) is 0.657. The summed E-state index contributed by atoms with van der Waals surface area (Å²) in [5, 5.41) is 5.15. The summed E-state index contributed by atoms with van der Waals surface area (Å²) < 4.78 is 0. The molecule has 1 aliphatic rings. The molecule has 1 unspecified atom stereocenters. The van der Waals surface area contributed by atoms with E-state index in [1.165, 1.54) is 0 Å². The molecule has 80 valence electrons. The third-order valence-electron chi connectivity index (χ3n) is 2.24. The van der Waals surface area contributed by atoms with Gasteiger partial charge in [0, 0.05) is 23.6 Å². The molecular formula is C10H10Cl2N2O. The Kier molecular flexibility index (Phi) is 3.14. The van der Waals surface area contributed by atoms with E-state index >= 15 is 0 Å². The van der Waals surface area contributed by atoms with E-state index in [1.807, 2.05) is 6.07 Å². The number of nitrogens with zero attached hydrogens (tertiary/aromatic N) is 1. The van der Waals surface area contributed by atoms with Gasteiger partial charge in [0.05, 0.1) is 10.7 Å². The highest BCUT2D eigenvalue weighted by Gasteiger charge is 2.22. The zero-order chi connectivity index (χ0) is 10.8. The maximum Gasteiger partial charge on any atom is 0.145 e. The van der Waals surface area contributed by atoms with E-state index in [4.69, 9.17) is 33.8 Å². The first-order valence-electron chi connectivity index (χ1n) is 4.59. The van der Waals surface area contributed by atoms with Gasteiger partial charge in [0.1, 0.15) is 6.10 Å². The molecule has 0 bridgehead atoms. The Morgan fingerprint density at radius 2 is 2.27 bits per heavy atom. The molecule has 0 aromatic heterocycles. The fourth-order valence-electron chi connectivity index (χ4n) is 1.44. The summed E-state index contributed by atoms with van der Waals surface area (Å²) in [7, 11) is 0. The molecule has 0 fully saturated rings. The largest absolute Gasteiger partial charge is 0.390 e. The van der Waals surface area contributed by atoms with E-state index in [1.54, 1.807) is 12.1 Å². The Balaban J connectivity index is 2.24. The van der Waals surface area contributed by atoms with Gasteiger partial charge in [0.15, 0.2) is 0 Å². The Labute approximate surface area is 97.8 Å². The van der Waals surface area contributed by atoms with Crippen molar-refractivity contribution in [2.24, 2.45) is 10.9 Å². The summed E-state index contributed by atoms with van der Waals surface area (Å²) in [5.41, 5.74) is 7.17. The second-order valence-corrected chi connectivity index (χ2v) is 4.17. The number of halogens is 2. The summed E-state index contributed by atoms with van der Waals surface area (Å²) >= 11 is 11.9. The second-order valence-electron chi connectivity index (χ2n) is 3.33. The van der Waals surface area contributed by atoms with Gasteiger partial charge in [-0.3, -0.25) is 0 Å². The summed E-state index contributed by atoms with van der Waals surface area (Å²) in [6, 6.07) is 5.31. The van der Waals surface area contributed by atoms with Gasteiger partial charge in [-0.25, -0.2) is 0 Å². The van der Waals surface area contributed by atoms with Gasteiger partial charge in [-0.15, -0.1) is 0 Å². The van der Waals surface area contributed by atoms with Gasteiger partial charge in [-0.1, -0.05) is 34.4 Å². The van der Waals surface area contributed by atoms with Crippen molar-refractivity contribution in [1.82, 2.24) is 0 Å². The van der Waals surface area contributed by atoms with Crippen LogP contribution in [-0.4, -0.2) is 18.4 Å². The number of hydrogen-bond donors (Lipinski definition) is 1. The Morgan fingerprint density at radius 3 is 2.87 bits per heavy atom. The molecule has 1 aromatic rings. The van der Waals surface area contributed by atoms with E-state index in [2.05, 4.69) is 5.16 Å². The molecule has 1 heterocycles. The van der Waals surface area contributed by atoms with Gasteiger partial charge < -0.3 is 10.6 Å². The van der Waals surface area contributed by atoms with Gasteiger partial charge in [0.25, 0.3) is 0 Å². The minimum atomic E-state index is -0.0354. The zero-order valence-corrected chi connectivity index (χ0v) is 9.42. The lowest BCUT2D eigenvalue weighted by Gasteiger charge is -2.04. The maximum absolute atomic E-state index is 6.05. The normalized spacial score (nSPS) is 19.9. The van der Waals surface area contributed by atoms with Crippen molar-refractivity contribution in [3.63, 3.8) is 0 Å². The van der Waals surface area contributed by atoms with Crippen molar-refractivity contribution < 1.29 is 4.84 Å². The molecule has 1 atom stereocenters. The van der Waals surface area contributed by atoms with E-state index in [0.717, 1.165) is 11.3 Å². The minimum Gasteiger partial charge on any atom is -0.390 e. The van der Waals surface area contributed by atoms with E-state index < -0.39 is 0 Å². The van der Waals surface area contributed by atoms with Crippen LogP contribution in [0.4, 0.5) is 0 Å². The average Bonchev–Trinajstić information content (AvgIpc) is 2.66. The lowest BCUT2D eigenvalue weighted by Crippen LogP contribution is -2.20. The Hall–Kier alpha value is -0.770. The van der Waals surface area contributed by atoms with Crippen LogP contribution in [0.5, 0.6) is 0 Å². The molecule has 0 radical (unpaired) electrons. The predicted molar refractivity (Wildman–Crippen MR) is 61.5 cm³/mol. The standard InChI is InChI=1S/C10H10Cl2N2O/c11-6-1-2-8(9(12)3-6)10-4-7(5-13)15-14-10/h1-3,7H,4-5,13H2. The Morgan fingerprint density at radius 1 is 1.47 bits per heavy atom. The van der Waals surface area contributed by atoms with Crippen LogP contribution in [0.2, 0.25) is 10.0 Å². The maximum atomic E-state index is 6.05. The topological polar surface area (TPSA) is 47.6 Å². The molecule has 1 aliphatic heterocycles. The first kappa shape index (κ1) is 10.7. The van der Waals surface area contributed by atoms with Crippen LogP contribution < -0.4 is 5.73 Å². The zero-order valence-electron chi connectivity index (χ0n) is 7.91. The third kappa shape index (κ3) is 2.25. The Bertz CT molecular complexity index is 406. The SMILES string of the molecule is NCC1CC(c2ccc(Cl)cc2Cl)=NO1. The quantitative estimate of drug-likeness (QED) is 0.869. The van der Waals surface area contributed by atoms with Gasteiger partial charge >= 0.3 is 0 Å². The monoisotopic (exact) mass is 244 g/mol. The van der Waals surface area contributed by atoms with Crippen LogP contribution in [0.25, 0.3) is 0 Å². The molecular weight excluding hydrogens is 235 g/mol. The highest BCUT2D eigenvalue weighted by molar-refractivity contribution is 6.37. The highest BCUT2D eigenvalue weighted by atomic mass is 35.5. The molecule has 0 saturated heterocycles.